The van der Waals surface area contributed by atoms with E-state index in [2.05, 4.69) is 24.3 Å². The third kappa shape index (κ3) is 2.23. The fourth-order valence-electron chi connectivity index (χ4n) is 2.49. The minimum Gasteiger partial charge on any atom is -0.497 e. The van der Waals surface area contributed by atoms with Crippen molar-refractivity contribution in [2.75, 3.05) is 7.11 Å². The molecule has 0 radical (unpaired) electrons. The van der Waals surface area contributed by atoms with E-state index in [1.54, 1.807) is 7.11 Å². The summed E-state index contributed by atoms with van der Waals surface area (Å²) in [6.45, 7) is 1.93. The van der Waals surface area contributed by atoms with Crippen LogP contribution in [0, 0.1) is 0 Å². The predicted octanol–water partition coefficient (Wildman–Crippen LogP) is 2.85. The van der Waals surface area contributed by atoms with Crippen molar-refractivity contribution in [3.05, 3.63) is 53.1 Å². The van der Waals surface area contributed by atoms with Crippen molar-refractivity contribution in [1.82, 2.24) is 0 Å². The van der Waals surface area contributed by atoms with E-state index >= 15 is 0 Å². The Morgan fingerprint density at radius 1 is 1.11 bits per heavy atom. The summed E-state index contributed by atoms with van der Waals surface area (Å²) in [5.41, 5.74) is 11.9. The van der Waals surface area contributed by atoms with Crippen LogP contribution in [0.5, 0.6) is 5.75 Å². The second-order valence-electron chi connectivity index (χ2n) is 4.70. The summed E-state index contributed by atoms with van der Waals surface area (Å²) in [5.74, 6) is 0.841. The number of rotatable bonds is 3. The third-order valence-electron chi connectivity index (χ3n) is 3.56. The quantitative estimate of drug-likeness (QED) is 0.917. The Bertz CT molecular complexity index is 608. The van der Waals surface area contributed by atoms with E-state index in [-0.39, 0.29) is 0 Å². The summed E-state index contributed by atoms with van der Waals surface area (Å²) in [6.07, 6.45) is 0. The van der Waals surface area contributed by atoms with Gasteiger partial charge in [-0.2, -0.15) is 0 Å². The summed E-state index contributed by atoms with van der Waals surface area (Å²) < 4.78 is 10.7. The minimum atomic E-state index is 0.500. The molecule has 3 rings (SSSR count). The second kappa shape index (κ2) is 5.03. The Labute approximate surface area is 113 Å². The van der Waals surface area contributed by atoms with Crippen molar-refractivity contribution in [3.8, 4) is 16.9 Å². The standard InChI is InChI=1S/C16H17NO2/c1-18-15-4-5-16(13(7-15)8-17)11-2-3-12-9-19-10-14(12)6-11/h2-7H,8-10,17H2,1H3. The Morgan fingerprint density at radius 2 is 1.95 bits per heavy atom. The van der Waals surface area contributed by atoms with Crippen LogP contribution in [0.15, 0.2) is 36.4 Å². The lowest BCUT2D eigenvalue weighted by Crippen LogP contribution is -2.00. The van der Waals surface area contributed by atoms with Crippen LogP contribution >= 0.6 is 0 Å². The first-order chi connectivity index (χ1) is 9.31. The first kappa shape index (κ1) is 12.2. The largest absolute Gasteiger partial charge is 0.497 e. The molecule has 0 aromatic heterocycles. The summed E-state index contributed by atoms with van der Waals surface area (Å²) in [4.78, 5) is 0. The Kier molecular flexibility index (Phi) is 3.23. The first-order valence-corrected chi connectivity index (χ1v) is 6.38. The maximum atomic E-state index is 5.84. The van der Waals surface area contributed by atoms with E-state index in [1.165, 1.54) is 16.7 Å². The highest BCUT2D eigenvalue weighted by Gasteiger charge is 2.13. The fraction of sp³-hybridized carbons (Fsp3) is 0.250. The van der Waals surface area contributed by atoms with E-state index in [0.29, 0.717) is 13.2 Å². The van der Waals surface area contributed by atoms with E-state index in [0.717, 1.165) is 23.5 Å². The Hall–Kier alpha value is -1.84. The monoisotopic (exact) mass is 255 g/mol. The molecule has 98 valence electrons. The van der Waals surface area contributed by atoms with Gasteiger partial charge in [-0.05, 0) is 46.0 Å². The molecule has 0 bridgehead atoms. The number of methoxy groups -OCH3 is 1. The van der Waals surface area contributed by atoms with Crippen LogP contribution in [-0.4, -0.2) is 7.11 Å². The Balaban J connectivity index is 2.06. The molecular weight excluding hydrogens is 238 g/mol. The molecule has 0 unspecified atom stereocenters. The lowest BCUT2D eigenvalue weighted by atomic mass is 9.96. The molecule has 1 aliphatic heterocycles. The number of nitrogens with two attached hydrogens (primary N) is 1. The molecule has 1 heterocycles. The lowest BCUT2D eigenvalue weighted by molar-refractivity contribution is 0.134. The Morgan fingerprint density at radius 3 is 2.74 bits per heavy atom. The molecule has 2 aromatic rings. The topological polar surface area (TPSA) is 44.5 Å². The number of hydrogen-bond acceptors (Lipinski definition) is 3. The van der Waals surface area contributed by atoms with Crippen molar-refractivity contribution in [2.24, 2.45) is 5.73 Å². The molecule has 1 aliphatic rings. The lowest BCUT2D eigenvalue weighted by Gasteiger charge is -2.11. The summed E-state index contributed by atoms with van der Waals surface area (Å²) in [5, 5.41) is 0. The van der Waals surface area contributed by atoms with Gasteiger partial charge in [0, 0.05) is 6.54 Å². The molecule has 2 aromatic carbocycles. The van der Waals surface area contributed by atoms with E-state index in [1.807, 2.05) is 12.1 Å². The first-order valence-electron chi connectivity index (χ1n) is 6.38. The highest BCUT2D eigenvalue weighted by atomic mass is 16.5. The molecular formula is C16H17NO2. The molecule has 0 fully saturated rings. The van der Waals surface area contributed by atoms with Gasteiger partial charge in [0.25, 0.3) is 0 Å². The molecule has 0 saturated carbocycles. The van der Waals surface area contributed by atoms with Crippen LogP contribution in [0.2, 0.25) is 0 Å². The van der Waals surface area contributed by atoms with Crippen molar-refractivity contribution in [2.45, 2.75) is 19.8 Å². The third-order valence-corrected chi connectivity index (χ3v) is 3.56. The molecule has 0 saturated heterocycles. The summed E-state index contributed by atoms with van der Waals surface area (Å²) >= 11 is 0. The van der Waals surface area contributed by atoms with Crippen molar-refractivity contribution in [3.63, 3.8) is 0 Å². The normalized spacial score (nSPS) is 13.4. The van der Waals surface area contributed by atoms with Crippen LogP contribution in [0.4, 0.5) is 0 Å². The SMILES string of the molecule is COc1ccc(-c2ccc3c(c2)COC3)c(CN)c1. The van der Waals surface area contributed by atoms with Gasteiger partial charge in [0.15, 0.2) is 0 Å². The zero-order chi connectivity index (χ0) is 13.2. The predicted molar refractivity (Wildman–Crippen MR) is 74.8 cm³/mol. The molecule has 3 nitrogen and oxygen atoms in total. The van der Waals surface area contributed by atoms with E-state index < -0.39 is 0 Å². The van der Waals surface area contributed by atoms with Gasteiger partial charge < -0.3 is 15.2 Å². The summed E-state index contributed by atoms with van der Waals surface area (Å²) in [7, 11) is 1.67. The van der Waals surface area contributed by atoms with Gasteiger partial charge in [0.05, 0.1) is 20.3 Å². The zero-order valence-electron chi connectivity index (χ0n) is 11.0. The highest BCUT2D eigenvalue weighted by Crippen LogP contribution is 2.30. The van der Waals surface area contributed by atoms with Gasteiger partial charge in [-0.1, -0.05) is 18.2 Å². The van der Waals surface area contributed by atoms with Crippen molar-refractivity contribution in [1.29, 1.82) is 0 Å². The van der Waals surface area contributed by atoms with E-state index in [4.69, 9.17) is 15.2 Å². The van der Waals surface area contributed by atoms with Gasteiger partial charge in [-0.15, -0.1) is 0 Å². The number of hydrogen-bond donors (Lipinski definition) is 1. The number of benzene rings is 2. The van der Waals surface area contributed by atoms with Gasteiger partial charge in [0.2, 0.25) is 0 Å². The van der Waals surface area contributed by atoms with Crippen LogP contribution in [0.3, 0.4) is 0 Å². The maximum absolute atomic E-state index is 5.84. The highest BCUT2D eigenvalue weighted by molar-refractivity contribution is 5.69. The fourth-order valence-corrected chi connectivity index (χ4v) is 2.49. The number of ether oxygens (including phenoxy) is 2. The van der Waals surface area contributed by atoms with Crippen molar-refractivity contribution >= 4 is 0 Å². The smallest absolute Gasteiger partial charge is 0.119 e. The van der Waals surface area contributed by atoms with Crippen LogP contribution < -0.4 is 10.5 Å². The maximum Gasteiger partial charge on any atom is 0.119 e. The minimum absolute atomic E-state index is 0.500. The average Bonchev–Trinajstić information content (AvgIpc) is 2.93. The van der Waals surface area contributed by atoms with Crippen LogP contribution in [-0.2, 0) is 24.5 Å². The average molecular weight is 255 g/mol. The van der Waals surface area contributed by atoms with E-state index in [9.17, 15) is 0 Å². The molecule has 0 atom stereocenters. The van der Waals surface area contributed by atoms with Crippen molar-refractivity contribution < 1.29 is 9.47 Å². The van der Waals surface area contributed by atoms with Gasteiger partial charge in [-0.3, -0.25) is 0 Å². The molecule has 2 N–H and O–H groups in total. The van der Waals surface area contributed by atoms with Gasteiger partial charge >= 0.3 is 0 Å². The molecule has 19 heavy (non-hydrogen) atoms. The number of fused-ring (bicyclic) bond motifs is 1. The zero-order valence-corrected chi connectivity index (χ0v) is 11.0. The molecule has 3 heteroatoms. The molecule has 0 aliphatic carbocycles. The van der Waals surface area contributed by atoms with Gasteiger partial charge in [-0.25, -0.2) is 0 Å². The molecule has 0 amide bonds. The second-order valence-corrected chi connectivity index (χ2v) is 4.70. The molecule has 0 spiro atoms. The van der Waals surface area contributed by atoms with Crippen LogP contribution in [0.25, 0.3) is 11.1 Å². The summed E-state index contributed by atoms with van der Waals surface area (Å²) in [6, 6.07) is 12.5. The van der Waals surface area contributed by atoms with Crippen LogP contribution in [0.1, 0.15) is 16.7 Å². The van der Waals surface area contributed by atoms with Gasteiger partial charge in [0.1, 0.15) is 5.75 Å².